The predicted molar refractivity (Wildman–Crippen MR) is 270 cm³/mol. The molecule has 0 aliphatic heterocycles. The van der Waals surface area contributed by atoms with Crippen LogP contribution in [0.5, 0.6) is 0 Å². The van der Waals surface area contributed by atoms with Gasteiger partial charge in [0.1, 0.15) is 0 Å². The van der Waals surface area contributed by atoms with Crippen molar-refractivity contribution >= 4 is 72.4 Å². The van der Waals surface area contributed by atoms with Crippen molar-refractivity contribution in [2.45, 2.75) is 0 Å². The SMILES string of the molecule is c1ccc(-c2cccc(-n3c4ccccc4c4cccc(-n5c6ccccc6c6cc(-c7ccccc7)c([Si](c7ccccc7)(c7ccccc7)c7ccccc7)cc65)c43)c2)cc1. The fraction of sp³-hybridized carbons (Fsp3) is 0. The Morgan fingerprint density at radius 1 is 0.286 bits per heavy atom. The molecule has 12 rings (SSSR count). The third-order valence-electron chi connectivity index (χ3n) is 13.0. The van der Waals surface area contributed by atoms with Crippen LogP contribution in [0.3, 0.4) is 0 Å². The minimum atomic E-state index is -3.02. The Labute approximate surface area is 368 Å². The maximum atomic E-state index is 2.58. The van der Waals surface area contributed by atoms with E-state index in [2.05, 4.69) is 264 Å². The highest BCUT2D eigenvalue weighted by molar-refractivity contribution is 7.20. The van der Waals surface area contributed by atoms with Crippen molar-refractivity contribution in [1.82, 2.24) is 9.13 Å². The lowest BCUT2D eigenvalue weighted by Gasteiger charge is -2.36. The number of hydrogen-bond acceptors (Lipinski definition) is 0. The van der Waals surface area contributed by atoms with Crippen LogP contribution in [-0.4, -0.2) is 17.2 Å². The van der Waals surface area contributed by atoms with E-state index >= 15 is 0 Å². The van der Waals surface area contributed by atoms with Gasteiger partial charge in [0.15, 0.2) is 8.07 Å². The second-order valence-electron chi connectivity index (χ2n) is 16.4. The zero-order chi connectivity index (χ0) is 41.7. The summed E-state index contributed by atoms with van der Waals surface area (Å²) in [6.45, 7) is 0. The molecule has 0 aliphatic carbocycles. The smallest absolute Gasteiger partial charge is 0.180 e. The lowest BCUT2D eigenvalue weighted by atomic mass is 10.0. The number of benzene rings is 10. The van der Waals surface area contributed by atoms with Crippen LogP contribution in [0.2, 0.25) is 0 Å². The van der Waals surface area contributed by atoms with Crippen LogP contribution >= 0.6 is 0 Å². The summed E-state index contributed by atoms with van der Waals surface area (Å²) in [4.78, 5) is 0. The maximum absolute atomic E-state index is 3.02. The molecule has 12 aromatic rings. The average molecular weight is 819 g/mol. The summed E-state index contributed by atoms with van der Waals surface area (Å²) in [6.07, 6.45) is 0. The van der Waals surface area contributed by atoms with Gasteiger partial charge in [-0.05, 0) is 85.5 Å². The molecule has 0 atom stereocenters. The van der Waals surface area contributed by atoms with Crippen LogP contribution in [-0.2, 0) is 0 Å². The molecule has 0 N–H and O–H groups in total. The van der Waals surface area contributed by atoms with Gasteiger partial charge in [-0.25, -0.2) is 0 Å². The van der Waals surface area contributed by atoms with Crippen molar-refractivity contribution in [3.63, 3.8) is 0 Å². The molecule has 296 valence electrons. The van der Waals surface area contributed by atoms with Gasteiger partial charge in [0.25, 0.3) is 0 Å². The summed E-state index contributed by atoms with van der Waals surface area (Å²) in [7, 11) is -3.02. The summed E-state index contributed by atoms with van der Waals surface area (Å²) in [5, 5.41) is 10.3. The monoisotopic (exact) mass is 818 g/mol. The van der Waals surface area contributed by atoms with Gasteiger partial charge in [-0.1, -0.05) is 212 Å². The second-order valence-corrected chi connectivity index (χ2v) is 20.2. The largest absolute Gasteiger partial charge is 0.307 e. The van der Waals surface area contributed by atoms with E-state index in [1.165, 1.54) is 86.6 Å². The maximum Gasteiger partial charge on any atom is 0.180 e. The Kier molecular flexibility index (Phi) is 8.87. The molecule has 2 nitrogen and oxygen atoms in total. The zero-order valence-electron chi connectivity index (χ0n) is 34.6. The molecule has 10 aromatic carbocycles. The number of rotatable bonds is 8. The molecule has 0 fully saturated rings. The quantitative estimate of drug-likeness (QED) is 0.107. The Morgan fingerprint density at radius 2 is 0.746 bits per heavy atom. The molecule has 0 radical (unpaired) electrons. The molecule has 0 aliphatic rings. The first kappa shape index (κ1) is 36.8. The first-order valence-electron chi connectivity index (χ1n) is 21.8. The number of aromatic nitrogens is 2. The van der Waals surface area contributed by atoms with Crippen LogP contribution in [0.15, 0.2) is 255 Å². The van der Waals surface area contributed by atoms with Crippen LogP contribution < -0.4 is 20.7 Å². The second kappa shape index (κ2) is 15.2. The standard InChI is InChI=1S/C60H42N2Si/c1-6-22-43(23-7-1)45-26-20-27-46(40-45)61-55-37-18-16-34-50(55)52-36-21-39-57(60(52)61)62-56-38-19-17-35-51(56)54-41-53(44-24-8-2-9-25-44)59(42-58(54)62)63(47-28-10-3-11-29-47,48-30-12-4-13-31-48)49-32-14-5-15-33-49/h1-42H. The number of para-hydroxylation sites is 3. The van der Waals surface area contributed by atoms with Gasteiger partial charge in [-0.15, -0.1) is 0 Å². The Morgan fingerprint density at radius 3 is 1.35 bits per heavy atom. The molecule has 3 heteroatoms. The van der Waals surface area contributed by atoms with Crippen LogP contribution in [0.25, 0.3) is 77.2 Å². The van der Waals surface area contributed by atoms with E-state index in [0.29, 0.717) is 0 Å². The molecule has 0 saturated heterocycles. The molecular weight excluding hydrogens is 777 g/mol. The topological polar surface area (TPSA) is 9.86 Å². The Balaban J connectivity index is 1.25. The molecule has 2 heterocycles. The van der Waals surface area contributed by atoms with Crippen molar-refractivity contribution in [2.75, 3.05) is 0 Å². The van der Waals surface area contributed by atoms with Gasteiger partial charge in [0, 0.05) is 27.2 Å². The van der Waals surface area contributed by atoms with Gasteiger partial charge in [-0.3, -0.25) is 0 Å². The number of nitrogens with zero attached hydrogens (tertiary/aromatic N) is 2. The lowest BCUT2D eigenvalue weighted by Crippen LogP contribution is -2.75. The summed E-state index contributed by atoms with van der Waals surface area (Å²) in [5.41, 5.74) is 11.9. The average Bonchev–Trinajstić information content (AvgIpc) is 3.88. The molecule has 0 amide bonds. The van der Waals surface area contributed by atoms with E-state index in [4.69, 9.17) is 0 Å². The Hall–Kier alpha value is -7.98. The molecular formula is C60H42N2Si. The van der Waals surface area contributed by atoms with E-state index in [1.807, 2.05) is 0 Å². The summed E-state index contributed by atoms with van der Waals surface area (Å²) in [6, 6.07) is 94.5. The van der Waals surface area contributed by atoms with E-state index in [-0.39, 0.29) is 0 Å². The first-order valence-corrected chi connectivity index (χ1v) is 23.8. The zero-order valence-corrected chi connectivity index (χ0v) is 35.6. The predicted octanol–water partition coefficient (Wildman–Crippen LogP) is 12.6. The molecule has 0 spiro atoms. The normalized spacial score (nSPS) is 11.8. The minimum Gasteiger partial charge on any atom is -0.307 e. The third kappa shape index (κ3) is 5.85. The molecule has 63 heavy (non-hydrogen) atoms. The van der Waals surface area contributed by atoms with E-state index in [1.54, 1.807) is 0 Å². The number of fused-ring (bicyclic) bond motifs is 6. The van der Waals surface area contributed by atoms with Crippen molar-refractivity contribution in [3.8, 4) is 33.6 Å². The summed E-state index contributed by atoms with van der Waals surface area (Å²) in [5.74, 6) is 0. The van der Waals surface area contributed by atoms with Crippen LogP contribution in [0, 0.1) is 0 Å². The number of hydrogen-bond donors (Lipinski definition) is 0. The summed E-state index contributed by atoms with van der Waals surface area (Å²) < 4.78 is 5.05. The molecule has 2 aromatic heterocycles. The van der Waals surface area contributed by atoms with Crippen molar-refractivity contribution in [1.29, 1.82) is 0 Å². The van der Waals surface area contributed by atoms with Crippen LogP contribution in [0.4, 0.5) is 0 Å². The highest BCUT2D eigenvalue weighted by Gasteiger charge is 2.43. The van der Waals surface area contributed by atoms with Gasteiger partial charge >= 0.3 is 0 Å². The van der Waals surface area contributed by atoms with E-state index in [0.717, 1.165) is 11.4 Å². The van der Waals surface area contributed by atoms with Gasteiger partial charge < -0.3 is 9.13 Å². The fourth-order valence-corrected chi connectivity index (χ4v) is 15.4. The van der Waals surface area contributed by atoms with Gasteiger partial charge in [0.2, 0.25) is 0 Å². The van der Waals surface area contributed by atoms with Gasteiger partial charge in [0.05, 0.1) is 27.8 Å². The molecule has 0 bridgehead atoms. The van der Waals surface area contributed by atoms with Crippen molar-refractivity contribution in [2.24, 2.45) is 0 Å². The van der Waals surface area contributed by atoms with E-state index < -0.39 is 8.07 Å². The molecule has 0 saturated carbocycles. The van der Waals surface area contributed by atoms with Crippen LogP contribution in [0.1, 0.15) is 0 Å². The van der Waals surface area contributed by atoms with Crippen molar-refractivity contribution in [3.05, 3.63) is 255 Å². The summed E-state index contributed by atoms with van der Waals surface area (Å²) >= 11 is 0. The van der Waals surface area contributed by atoms with Crippen molar-refractivity contribution < 1.29 is 0 Å². The van der Waals surface area contributed by atoms with Gasteiger partial charge in [-0.2, -0.15) is 0 Å². The highest BCUT2D eigenvalue weighted by atomic mass is 28.3. The third-order valence-corrected chi connectivity index (χ3v) is 17.9. The minimum absolute atomic E-state index is 1.13. The Bertz CT molecular complexity index is 3500. The van der Waals surface area contributed by atoms with E-state index in [9.17, 15) is 0 Å². The highest BCUT2D eigenvalue weighted by Crippen LogP contribution is 2.41. The first-order chi connectivity index (χ1) is 31.3. The lowest BCUT2D eigenvalue weighted by molar-refractivity contribution is 1.13. The molecule has 0 unspecified atom stereocenters. The fourth-order valence-electron chi connectivity index (χ4n) is 10.4.